The van der Waals surface area contributed by atoms with Crippen LogP contribution in [-0.4, -0.2) is 66.9 Å². The third-order valence-corrected chi connectivity index (χ3v) is 5.40. The van der Waals surface area contributed by atoms with Gasteiger partial charge in [-0.25, -0.2) is 0 Å². The molecule has 0 aromatic carbocycles. The molecular weight excluding hydrogens is 402 g/mol. The van der Waals surface area contributed by atoms with Crippen molar-refractivity contribution in [2.24, 2.45) is 0 Å². The second-order valence-corrected chi connectivity index (χ2v) is 7.36. The van der Waals surface area contributed by atoms with Gasteiger partial charge in [0.1, 0.15) is 23.5 Å². The minimum Gasteiger partial charge on any atom is -0.476 e. The summed E-state index contributed by atoms with van der Waals surface area (Å²) >= 11 is 0. The largest absolute Gasteiger partial charge is 0.476 e. The molecule has 0 atom stereocenters. The van der Waals surface area contributed by atoms with Gasteiger partial charge < -0.3 is 29.6 Å². The van der Waals surface area contributed by atoms with E-state index >= 15 is 0 Å². The number of furan rings is 1. The quantitative estimate of drug-likeness (QED) is 0.738. The summed E-state index contributed by atoms with van der Waals surface area (Å²) in [6, 6.07) is 3.54. The first-order chi connectivity index (χ1) is 15.0. The Morgan fingerprint density at radius 3 is 2.74 bits per heavy atom. The van der Waals surface area contributed by atoms with Gasteiger partial charge in [0.2, 0.25) is 11.8 Å². The zero-order valence-electron chi connectivity index (χ0n) is 17.6. The van der Waals surface area contributed by atoms with Crippen molar-refractivity contribution in [3.63, 3.8) is 0 Å². The predicted octanol–water partition coefficient (Wildman–Crippen LogP) is 1.28. The summed E-state index contributed by atoms with van der Waals surface area (Å²) in [5.74, 6) is 0.803. The molecule has 164 valence electrons. The topological polar surface area (TPSA) is 117 Å². The van der Waals surface area contributed by atoms with Crippen LogP contribution in [-0.2, 0) is 11.2 Å². The Morgan fingerprint density at radius 2 is 2.03 bits per heavy atom. The molecule has 0 bridgehead atoms. The highest BCUT2D eigenvalue weighted by molar-refractivity contribution is 6.13. The molecule has 2 aliphatic heterocycles. The number of pyridine rings is 1. The number of nitrogens with zero attached hydrogens (tertiary/aromatic N) is 3. The van der Waals surface area contributed by atoms with Crippen molar-refractivity contribution in [1.82, 2.24) is 15.2 Å². The molecule has 1 fully saturated rings. The molecule has 10 nitrogen and oxygen atoms in total. The van der Waals surface area contributed by atoms with Gasteiger partial charge in [-0.05, 0) is 19.1 Å². The number of carbonyl (C=O) groups excluding carboxylic acids is 3. The highest BCUT2D eigenvalue weighted by atomic mass is 16.5. The van der Waals surface area contributed by atoms with Crippen molar-refractivity contribution in [2.75, 3.05) is 49.5 Å². The Bertz CT molecular complexity index is 1010. The summed E-state index contributed by atoms with van der Waals surface area (Å²) in [7, 11) is 0. The van der Waals surface area contributed by atoms with Crippen LogP contribution in [0.2, 0.25) is 0 Å². The number of rotatable bonds is 5. The van der Waals surface area contributed by atoms with Crippen molar-refractivity contribution in [3.8, 4) is 5.88 Å². The number of nitrogens with one attached hydrogen (secondary N) is 2. The number of amides is 3. The van der Waals surface area contributed by atoms with Crippen molar-refractivity contribution < 1.29 is 23.5 Å². The van der Waals surface area contributed by atoms with Crippen LogP contribution in [0.5, 0.6) is 5.88 Å². The van der Waals surface area contributed by atoms with Gasteiger partial charge in [-0.1, -0.05) is 0 Å². The van der Waals surface area contributed by atoms with E-state index in [1.54, 1.807) is 24.0 Å². The van der Waals surface area contributed by atoms with Gasteiger partial charge in [0.15, 0.2) is 0 Å². The monoisotopic (exact) mass is 427 g/mol. The lowest BCUT2D eigenvalue weighted by Crippen LogP contribution is -2.48. The van der Waals surface area contributed by atoms with E-state index in [1.807, 2.05) is 6.92 Å². The summed E-state index contributed by atoms with van der Waals surface area (Å²) in [4.78, 5) is 45.0. The first-order valence-electron chi connectivity index (χ1n) is 10.3. The maximum absolute atomic E-state index is 12.9. The molecule has 4 heterocycles. The average Bonchev–Trinajstić information content (AvgIpc) is 3.21. The molecule has 0 saturated carbocycles. The number of anilines is 2. The van der Waals surface area contributed by atoms with Crippen molar-refractivity contribution in [2.45, 2.75) is 20.3 Å². The third-order valence-electron chi connectivity index (χ3n) is 5.40. The van der Waals surface area contributed by atoms with E-state index < -0.39 is 5.91 Å². The number of fused-ring (bicyclic) bond motifs is 1. The Hall–Kier alpha value is -3.56. The first kappa shape index (κ1) is 20.7. The number of ether oxygens (including phenoxy) is 1. The van der Waals surface area contributed by atoms with Crippen LogP contribution in [0.25, 0.3) is 0 Å². The van der Waals surface area contributed by atoms with Gasteiger partial charge >= 0.3 is 0 Å². The average molecular weight is 427 g/mol. The van der Waals surface area contributed by atoms with Crippen LogP contribution in [0.1, 0.15) is 40.3 Å². The number of aromatic nitrogens is 1. The highest BCUT2D eigenvalue weighted by Crippen LogP contribution is 2.28. The Balaban J connectivity index is 1.52. The summed E-state index contributed by atoms with van der Waals surface area (Å²) in [5, 5.41) is 5.51. The van der Waals surface area contributed by atoms with E-state index in [4.69, 9.17) is 9.15 Å². The third kappa shape index (κ3) is 4.18. The second kappa shape index (κ2) is 8.66. The lowest BCUT2D eigenvalue weighted by Gasteiger charge is -2.35. The lowest BCUT2D eigenvalue weighted by atomic mass is 10.0. The molecule has 2 aromatic heterocycles. The van der Waals surface area contributed by atoms with E-state index in [2.05, 4.69) is 20.5 Å². The van der Waals surface area contributed by atoms with Gasteiger partial charge in [-0.2, -0.15) is 4.98 Å². The molecule has 0 unspecified atom stereocenters. The molecule has 0 radical (unpaired) electrons. The van der Waals surface area contributed by atoms with Crippen LogP contribution >= 0.6 is 0 Å². The zero-order valence-corrected chi connectivity index (χ0v) is 17.6. The smallest absolute Gasteiger partial charge is 0.259 e. The fraction of sp³-hybridized carbons (Fsp3) is 0.429. The fourth-order valence-electron chi connectivity index (χ4n) is 3.76. The van der Waals surface area contributed by atoms with E-state index in [0.29, 0.717) is 68.9 Å². The van der Waals surface area contributed by atoms with Crippen LogP contribution < -0.4 is 20.3 Å². The Labute approximate surface area is 179 Å². The fourth-order valence-corrected chi connectivity index (χ4v) is 3.76. The van der Waals surface area contributed by atoms with E-state index in [0.717, 1.165) is 0 Å². The number of hydrogen-bond acceptors (Lipinski definition) is 7. The number of piperazine rings is 1. The van der Waals surface area contributed by atoms with Gasteiger partial charge in [0, 0.05) is 46.1 Å². The van der Waals surface area contributed by atoms with E-state index in [9.17, 15) is 14.4 Å². The minimum absolute atomic E-state index is 0.0655. The van der Waals surface area contributed by atoms with Crippen molar-refractivity contribution >= 4 is 29.2 Å². The van der Waals surface area contributed by atoms with Gasteiger partial charge in [0.05, 0.1) is 17.7 Å². The SMILES string of the molecule is CCOc1nc(N2CCN(C(C)=O)CC2)ccc1NC(=O)c1coc2c1C(=O)NCC2. The molecule has 2 N–H and O–H groups in total. The standard InChI is InChI=1S/C21H25N5O5/c1-3-30-21-15(4-5-17(24-21)26-10-8-25(9-11-26)13(2)27)23-19(28)14-12-31-16-6-7-22-20(29)18(14)16/h4-5,12H,3,6-11H2,1-2H3,(H,22,29)(H,23,28). The van der Waals surface area contributed by atoms with Crippen LogP contribution in [0.4, 0.5) is 11.5 Å². The molecule has 2 aliphatic rings. The molecule has 0 aliphatic carbocycles. The van der Waals surface area contributed by atoms with Gasteiger partial charge in [-0.3, -0.25) is 14.4 Å². The minimum atomic E-state index is -0.465. The molecule has 31 heavy (non-hydrogen) atoms. The molecule has 4 rings (SSSR count). The number of carbonyl (C=O) groups is 3. The maximum Gasteiger partial charge on any atom is 0.259 e. The Morgan fingerprint density at radius 1 is 1.26 bits per heavy atom. The summed E-state index contributed by atoms with van der Waals surface area (Å²) in [6.45, 7) is 6.87. The normalized spacial score (nSPS) is 15.9. The molecule has 2 aromatic rings. The molecule has 0 spiro atoms. The number of hydrogen-bond donors (Lipinski definition) is 2. The van der Waals surface area contributed by atoms with Crippen molar-refractivity contribution in [3.05, 3.63) is 35.3 Å². The van der Waals surface area contributed by atoms with E-state index in [1.165, 1.54) is 6.26 Å². The van der Waals surface area contributed by atoms with Gasteiger partial charge in [-0.15, -0.1) is 0 Å². The molecule has 10 heteroatoms. The van der Waals surface area contributed by atoms with Gasteiger partial charge in [0.25, 0.3) is 11.8 Å². The summed E-state index contributed by atoms with van der Waals surface area (Å²) < 4.78 is 11.1. The molecule has 3 amide bonds. The predicted molar refractivity (Wildman–Crippen MR) is 113 cm³/mol. The molecular formula is C21H25N5O5. The van der Waals surface area contributed by atoms with Crippen LogP contribution in [0.3, 0.4) is 0 Å². The van der Waals surface area contributed by atoms with Crippen molar-refractivity contribution in [1.29, 1.82) is 0 Å². The summed E-state index contributed by atoms with van der Waals surface area (Å²) in [5.41, 5.74) is 0.859. The zero-order chi connectivity index (χ0) is 22.0. The van der Waals surface area contributed by atoms with E-state index in [-0.39, 0.29) is 22.9 Å². The second-order valence-electron chi connectivity index (χ2n) is 7.36. The van der Waals surface area contributed by atoms with Crippen LogP contribution in [0.15, 0.2) is 22.8 Å². The first-order valence-corrected chi connectivity index (χ1v) is 10.3. The molecule has 1 saturated heterocycles. The Kier molecular flexibility index (Phi) is 5.79. The van der Waals surface area contributed by atoms with Crippen LogP contribution in [0, 0.1) is 0 Å². The summed E-state index contributed by atoms with van der Waals surface area (Å²) in [6.07, 6.45) is 1.85. The lowest BCUT2D eigenvalue weighted by molar-refractivity contribution is -0.129. The maximum atomic E-state index is 12.9. The highest BCUT2D eigenvalue weighted by Gasteiger charge is 2.28.